The van der Waals surface area contributed by atoms with Gasteiger partial charge in [0.05, 0.1) is 0 Å². The Kier molecular flexibility index (Phi) is 6.15. The quantitative estimate of drug-likeness (QED) is 0.789. The fourth-order valence-electron chi connectivity index (χ4n) is 4.34. The molecule has 0 radical (unpaired) electrons. The summed E-state index contributed by atoms with van der Waals surface area (Å²) < 4.78 is 0. The molecule has 0 bridgehead atoms. The van der Waals surface area contributed by atoms with Crippen LogP contribution in [-0.2, 0) is 0 Å². The van der Waals surface area contributed by atoms with Gasteiger partial charge in [0, 0.05) is 18.6 Å². The van der Waals surface area contributed by atoms with E-state index < -0.39 is 0 Å². The molecule has 3 atom stereocenters. The molecule has 1 N–H and O–H groups in total. The van der Waals surface area contributed by atoms with E-state index in [1.54, 1.807) is 0 Å². The maximum absolute atomic E-state index is 3.75. The van der Waals surface area contributed by atoms with E-state index >= 15 is 0 Å². The fourth-order valence-corrected chi connectivity index (χ4v) is 4.34. The van der Waals surface area contributed by atoms with E-state index in [4.69, 9.17) is 0 Å². The van der Waals surface area contributed by atoms with Crippen molar-refractivity contribution in [1.29, 1.82) is 0 Å². The van der Waals surface area contributed by atoms with Gasteiger partial charge >= 0.3 is 0 Å². The number of nitrogens with zero attached hydrogens (tertiary/aromatic N) is 1. The van der Waals surface area contributed by atoms with Gasteiger partial charge in [0.2, 0.25) is 0 Å². The lowest BCUT2D eigenvalue weighted by Gasteiger charge is -2.40. The van der Waals surface area contributed by atoms with Gasteiger partial charge in [0.15, 0.2) is 0 Å². The molecule has 2 saturated carbocycles. The van der Waals surface area contributed by atoms with E-state index in [9.17, 15) is 0 Å². The van der Waals surface area contributed by atoms with Crippen LogP contribution < -0.4 is 5.32 Å². The number of nitrogens with one attached hydrogen (secondary N) is 1. The van der Waals surface area contributed by atoms with Crippen molar-refractivity contribution < 1.29 is 0 Å². The Morgan fingerprint density at radius 3 is 2.42 bits per heavy atom. The lowest BCUT2D eigenvalue weighted by Crippen LogP contribution is -2.47. The third-order valence-electron chi connectivity index (χ3n) is 5.43. The smallest absolute Gasteiger partial charge is 0.0108 e. The lowest BCUT2D eigenvalue weighted by molar-refractivity contribution is 0.119. The normalized spacial score (nSPS) is 33.2. The summed E-state index contributed by atoms with van der Waals surface area (Å²) in [7, 11) is 0. The molecular weight excluding hydrogens is 232 g/mol. The third kappa shape index (κ3) is 4.19. The molecular formula is C17H34N2. The molecule has 112 valence electrons. The first-order chi connectivity index (χ1) is 9.24. The Bertz CT molecular complexity index is 248. The molecule has 0 aromatic heterocycles. The molecule has 19 heavy (non-hydrogen) atoms. The van der Waals surface area contributed by atoms with Gasteiger partial charge < -0.3 is 10.2 Å². The van der Waals surface area contributed by atoms with Crippen molar-refractivity contribution in [2.24, 2.45) is 11.8 Å². The number of hydrogen-bond donors (Lipinski definition) is 1. The molecule has 2 nitrogen and oxygen atoms in total. The lowest BCUT2D eigenvalue weighted by atomic mass is 9.78. The minimum atomic E-state index is 0.775. The summed E-state index contributed by atoms with van der Waals surface area (Å²) in [6.45, 7) is 10.8. The summed E-state index contributed by atoms with van der Waals surface area (Å²) in [5.74, 6) is 1.81. The largest absolute Gasteiger partial charge is 0.314 e. The van der Waals surface area contributed by atoms with Crippen LogP contribution in [0.15, 0.2) is 0 Å². The Balaban J connectivity index is 1.91. The van der Waals surface area contributed by atoms with E-state index in [0.29, 0.717) is 0 Å². The fraction of sp³-hybridized carbons (Fsp3) is 1.00. The molecule has 0 spiro atoms. The molecule has 2 rings (SSSR count). The van der Waals surface area contributed by atoms with Gasteiger partial charge in [-0.1, -0.05) is 33.6 Å². The summed E-state index contributed by atoms with van der Waals surface area (Å²) >= 11 is 0. The van der Waals surface area contributed by atoms with Crippen molar-refractivity contribution in [2.75, 3.05) is 19.6 Å². The van der Waals surface area contributed by atoms with E-state index in [1.165, 1.54) is 58.0 Å². The van der Waals surface area contributed by atoms with Gasteiger partial charge in [-0.05, 0) is 57.0 Å². The van der Waals surface area contributed by atoms with Crippen LogP contribution in [0.3, 0.4) is 0 Å². The Labute approximate surface area is 120 Å². The van der Waals surface area contributed by atoms with E-state index in [-0.39, 0.29) is 0 Å². The van der Waals surface area contributed by atoms with Gasteiger partial charge in [0.1, 0.15) is 0 Å². The van der Waals surface area contributed by atoms with Crippen LogP contribution in [0.2, 0.25) is 0 Å². The zero-order valence-corrected chi connectivity index (χ0v) is 13.3. The first kappa shape index (κ1) is 15.3. The second-order valence-electron chi connectivity index (χ2n) is 6.87. The molecule has 3 unspecified atom stereocenters. The second kappa shape index (κ2) is 7.64. The first-order valence-corrected chi connectivity index (χ1v) is 8.72. The van der Waals surface area contributed by atoms with Gasteiger partial charge in [0.25, 0.3) is 0 Å². The molecule has 0 aliphatic heterocycles. The monoisotopic (exact) mass is 266 g/mol. The van der Waals surface area contributed by atoms with Crippen molar-refractivity contribution in [3.63, 3.8) is 0 Å². The predicted molar refractivity (Wildman–Crippen MR) is 83.5 cm³/mol. The van der Waals surface area contributed by atoms with Gasteiger partial charge in [-0.15, -0.1) is 0 Å². The number of hydrogen-bond acceptors (Lipinski definition) is 2. The van der Waals surface area contributed by atoms with Gasteiger partial charge in [-0.2, -0.15) is 0 Å². The molecule has 2 heteroatoms. The van der Waals surface area contributed by atoms with E-state index in [2.05, 4.69) is 31.0 Å². The zero-order valence-electron chi connectivity index (χ0n) is 13.3. The second-order valence-corrected chi connectivity index (χ2v) is 6.87. The highest BCUT2D eigenvalue weighted by molar-refractivity contribution is 4.87. The van der Waals surface area contributed by atoms with E-state index in [0.717, 1.165) is 30.5 Å². The van der Waals surface area contributed by atoms with Gasteiger partial charge in [-0.25, -0.2) is 0 Å². The highest BCUT2D eigenvalue weighted by atomic mass is 15.2. The van der Waals surface area contributed by atoms with Crippen molar-refractivity contribution in [3.8, 4) is 0 Å². The van der Waals surface area contributed by atoms with Crippen LogP contribution in [0, 0.1) is 11.8 Å². The van der Waals surface area contributed by atoms with Gasteiger partial charge in [-0.3, -0.25) is 0 Å². The molecule has 0 saturated heterocycles. The molecule has 2 fully saturated rings. The summed E-state index contributed by atoms with van der Waals surface area (Å²) in [6, 6.07) is 1.67. The highest BCUT2D eigenvalue weighted by Crippen LogP contribution is 2.32. The number of rotatable bonds is 6. The maximum Gasteiger partial charge on any atom is 0.0108 e. The SMILES string of the molecule is CCNC1CCC(C)CC1CN(CC)C1CCCC1. The van der Waals surface area contributed by atoms with Crippen LogP contribution in [0.4, 0.5) is 0 Å². The molecule has 0 aromatic carbocycles. The Hall–Kier alpha value is -0.0800. The first-order valence-electron chi connectivity index (χ1n) is 8.72. The topological polar surface area (TPSA) is 15.3 Å². The summed E-state index contributed by atoms with van der Waals surface area (Å²) in [4.78, 5) is 2.79. The van der Waals surface area contributed by atoms with Crippen LogP contribution in [0.1, 0.15) is 65.7 Å². The average molecular weight is 266 g/mol. The average Bonchev–Trinajstić information content (AvgIpc) is 2.93. The van der Waals surface area contributed by atoms with Crippen LogP contribution in [-0.4, -0.2) is 36.6 Å². The summed E-state index contributed by atoms with van der Waals surface area (Å²) in [6.07, 6.45) is 10.0. The van der Waals surface area contributed by atoms with Crippen molar-refractivity contribution >= 4 is 0 Å². The molecule has 2 aliphatic carbocycles. The standard InChI is InChI=1S/C17H34N2/c1-4-18-17-11-10-14(3)12-15(17)13-19(5-2)16-8-6-7-9-16/h14-18H,4-13H2,1-3H3. The minimum absolute atomic E-state index is 0.775. The Morgan fingerprint density at radius 2 is 1.79 bits per heavy atom. The van der Waals surface area contributed by atoms with E-state index in [1.807, 2.05) is 0 Å². The van der Waals surface area contributed by atoms with Crippen LogP contribution in [0.5, 0.6) is 0 Å². The van der Waals surface area contributed by atoms with Crippen LogP contribution >= 0.6 is 0 Å². The predicted octanol–water partition coefficient (Wildman–Crippen LogP) is 3.67. The minimum Gasteiger partial charge on any atom is -0.314 e. The van der Waals surface area contributed by atoms with Crippen LogP contribution in [0.25, 0.3) is 0 Å². The zero-order chi connectivity index (χ0) is 13.7. The van der Waals surface area contributed by atoms with Crippen molar-refractivity contribution in [3.05, 3.63) is 0 Å². The molecule has 2 aliphatic rings. The third-order valence-corrected chi connectivity index (χ3v) is 5.43. The maximum atomic E-state index is 3.75. The Morgan fingerprint density at radius 1 is 1.05 bits per heavy atom. The van der Waals surface area contributed by atoms with Crippen molar-refractivity contribution in [2.45, 2.75) is 77.8 Å². The highest BCUT2D eigenvalue weighted by Gasteiger charge is 2.31. The molecule has 0 aromatic rings. The molecule has 0 heterocycles. The van der Waals surface area contributed by atoms with Crippen molar-refractivity contribution in [1.82, 2.24) is 10.2 Å². The summed E-state index contributed by atoms with van der Waals surface area (Å²) in [5, 5.41) is 3.75. The molecule has 0 amide bonds. The summed E-state index contributed by atoms with van der Waals surface area (Å²) in [5.41, 5.74) is 0.